The minimum absolute atomic E-state index is 0.241. The minimum atomic E-state index is -1.21. The molecule has 1 saturated heterocycles. The minimum Gasteiger partial charge on any atom is -0.464 e. The van der Waals surface area contributed by atoms with Crippen molar-refractivity contribution in [1.82, 2.24) is 15.3 Å². The third kappa shape index (κ3) is 6.05. The second-order valence-electron chi connectivity index (χ2n) is 8.65. The number of carbonyl (C=O) groups excluding carboxylic acids is 1. The predicted octanol–water partition coefficient (Wildman–Crippen LogP) is 3.03. The summed E-state index contributed by atoms with van der Waals surface area (Å²) in [6.07, 6.45) is 7.33. The maximum absolute atomic E-state index is 12.1. The van der Waals surface area contributed by atoms with E-state index in [-0.39, 0.29) is 6.61 Å². The summed E-state index contributed by atoms with van der Waals surface area (Å²) in [4.78, 5) is 20.0. The largest absolute Gasteiger partial charge is 0.464 e. The lowest BCUT2D eigenvalue weighted by Crippen LogP contribution is -2.48. The summed E-state index contributed by atoms with van der Waals surface area (Å²) in [5.41, 5.74) is 2.04. The number of benzene rings is 1. The standard InChI is InChI=1S/C24H37N3O4/c1-3-5-6-7-8-9-10-17-11-12-18-19(15-17)27-21(26-18)14-13-20(28)22(29)24(16-25-24)23(30)31-4-2/h11-12,15,20,22,25,28-29H,3-10,13-14,16H2,1-2H3,(H,26,27). The Hall–Kier alpha value is -1.96. The van der Waals surface area contributed by atoms with Crippen LogP contribution < -0.4 is 5.32 Å². The molecule has 0 bridgehead atoms. The zero-order chi connectivity index (χ0) is 22.3. The predicted molar refractivity (Wildman–Crippen MR) is 121 cm³/mol. The Morgan fingerprint density at radius 2 is 1.90 bits per heavy atom. The average Bonchev–Trinajstić information content (AvgIpc) is 3.48. The fraction of sp³-hybridized carbons (Fsp3) is 0.667. The molecule has 0 spiro atoms. The fourth-order valence-electron chi connectivity index (χ4n) is 4.09. The molecule has 0 amide bonds. The number of unbranched alkanes of at least 4 members (excludes halogenated alkanes) is 5. The zero-order valence-corrected chi connectivity index (χ0v) is 18.8. The average molecular weight is 432 g/mol. The van der Waals surface area contributed by atoms with Crippen molar-refractivity contribution >= 4 is 17.0 Å². The zero-order valence-electron chi connectivity index (χ0n) is 18.8. The second kappa shape index (κ2) is 11.1. The highest BCUT2D eigenvalue weighted by Crippen LogP contribution is 2.27. The van der Waals surface area contributed by atoms with Crippen molar-refractivity contribution in [2.24, 2.45) is 0 Å². The van der Waals surface area contributed by atoms with Crippen LogP contribution in [0.4, 0.5) is 0 Å². The van der Waals surface area contributed by atoms with Gasteiger partial charge < -0.3 is 19.9 Å². The molecule has 2 heterocycles. The topological polar surface area (TPSA) is 117 Å². The van der Waals surface area contributed by atoms with E-state index in [9.17, 15) is 15.0 Å². The van der Waals surface area contributed by atoms with Crippen LogP contribution in [0.1, 0.15) is 70.2 Å². The Kier molecular flexibility index (Phi) is 8.46. The molecule has 7 heteroatoms. The monoisotopic (exact) mass is 431 g/mol. The number of H-pyrrole nitrogens is 1. The number of esters is 1. The van der Waals surface area contributed by atoms with E-state index in [0.717, 1.165) is 23.3 Å². The van der Waals surface area contributed by atoms with Gasteiger partial charge in [-0.2, -0.15) is 0 Å². The van der Waals surface area contributed by atoms with Crippen LogP contribution in [-0.4, -0.2) is 57.0 Å². The number of nitrogens with zero attached hydrogens (tertiary/aromatic N) is 1. The number of ether oxygens (including phenoxy) is 1. The summed E-state index contributed by atoms with van der Waals surface area (Å²) in [7, 11) is 0. The van der Waals surface area contributed by atoms with E-state index in [1.165, 1.54) is 44.1 Å². The van der Waals surface area contributed by atoms with Crippen LogP contribution in [0.15, 0.2) is 18.2 Å². The Labute approximate surface area is 184 Å². The summed E-state index contributed by atoms with van der Waals surface area (Å²) < 4.78 is 5.02. The van der Waals surface area contributed by atoms with Gasteiger partial charge in [-0.25, -0.2) is 9.78 Å². The molecule has 0 saturated carbocycles. The number of aliphatic hydroxyl groups is 2. The third-order valence-electron chi connectivity index (χ3n) is 6.16. The van der Waals surface area contributed by atoms with Crippen LogP contribution in [0.25, 0.3) is 11.0 Å². The molecule has 0 aliphatic carbocycles. The van der Waals surface area contributed by atoms with Crippen molar-refractivity contribution in [2.75, 3.05) is 13.2 Å². The van der Waals surface area contributed by atoms with Gasteiger partial charge >= 0.3 is 5.97 Å². The van der Waals surface area contributed by atoms with E-state index in [1.54, 1.807) is 6.92 Å². The van der Waals surface area contributed by atoms with Gasteiger partial charge in [-0.3, -0.25) is 5.32 Å². The van der Waals surface area contributed by atoms with Gasteiger partial charge in [-0.1, -0.05) is 45.1 Å². The van der Waals surface area contributed by atoms with Crippen LogP contribution in [0.3, 0.4) is 0 Å². The first-order chi connectivity index (χ1) is 15.0. The first-order valence-corrected chi connectivity index (χ1v) is 11.8. The Bertz CT molecular complexity index is 846. The molecule has 1 fully saturated rings. The first-order valence-electron chi connectivity index (χ1n) is 11.8. The molecule has 1 aromatic heterocycles. The summed E-state index contributed by atoms with van der Waals surface area (Å²) >= 11 is 0. The van der Waals surface area contributed by atoms with Crippen LogP contribution >= 0.6 is 0 Å². The van der Waals surface area contributed by atoms with Crippen LogP contribution in [0, 0.1) is 0 Å². The lowest BCUT2D eigenvalue weighted by atomic mass is 9.95. The van der Waals surface area contributed by atoms with Crippen LogP contribution in [0.2, 0.25) is 0 Å². The van der Waals surface area contributed by atoms with E-state index < -0.39 is 23.7 Å². The van der Waals surface area contributed by atoms with Gasteiger partial charge in [-0.05, 0) is 43.9 Å². The van der Waals surface area contributed by atoms with Gasteiger partial charge in [0, 0.05) is 13.0 Å². The third-order valence-corrected chi connectivity index (χ3v) is 6.16. The lowest BCUT2D eigenvalue weighted by molar-refractivity contribution is -0.152. The number of rotatable bonds is 14. The molecule has 1 aliphatic heterocycles. The van der Waals surface area contributed by atoms with Gasteiger partial charge in [0.25, 0.3) is 0 Å². The second-order valence-corrected chi connectivity index (χ2v) is 8.65. The molecule has 31 heavy (non-hydrogen) atoms. The van der Waals surface area contributed by atoms with Gasteiger partial charge in [0.1, 0.15) is 11.9 Å². The molecule has 3 atom stereocenters. The van der Waals surface area contributed by atoms with Gasteiger partial charge in [0.05, 0.1) is 23.7 Å². The van der Waals surface area contributed by atoms with E-state index in [0.29, 0.717) is 19.4 Å². The number of aliphatic hydroxyl groups excluding tert-OH is 2. The number of nitrogens with one attached hydrogen (secondary N) is 2. The van der Waals surface area contributed by atoms with Crippen molar-refractivity contribution in [3.8, 4) is 0 Å². The first kappa shape index (κ1) is 23.7. The molecule has 2 aromatic rings. The van der Waals surface area contributed by atoms with Crippen LogP contribution in [-0.2, 0) is 22.4 Å². The van der Waals surface area contributed by atoms with Gasteiger partial charge in [0.15, 0.2) is 5.54 Å². The fourth-order valence-corrected chi connectivity index (χ4v) is 4.09. The molecule has 4 N–H and O–H groups in total. The summed E-state index contributed by atoms with van der Waals surface area (Å²) in [6, 6.07) is 6.34. The number of imidazole rings is 1. The molecular weight excluding hydrogens is 394 g/mol. The van der Waals surface area contributed by atoms with Gasteiger partial charge in [0.2, 0.25) is 0 Å². The maximum atomic E-state index is 12.1. The smallest absolute Gasteiger partial charge is 0.330 e. The normalized spacial score (nSPS) is 20.0. The summed E-state index contributed by atoms with van der Waals surface area (Å²) in [6.45, 7) is 4.51. The van der Waals surface area contributed by atoms with Crippen molar-refractivity contribution in [3.63, 3.8) is 0 Å². The summed E-state index contributed by atoms with van der Waals surface area (Å²) in [5, 5.41) is 23.8. The maximum Gasteiger partial charge on any atom is 0.330 e. The molecule has 1 aromatic carbocycles. The quantitative estimate of drug-likeness (QED) is 0.207. The SMILES string of the molecule is CCCCCCCCc1ccc2nc(CCC(O)C(O)C3(C(=O)OCC)CN3)[nH]c2c1. The van der Waals surface area contributed by atoms with E-state index >= 15 is 0 Å². The number of carbonyl (C=O) groups is 1. The van der Waals surface area contributed by atoms with Crippen molar-refractivity contribution in [1.29, 1.82) is 0 Å². The number of hydrogen-bond acceptors (Lipinski definition) is 6. The Balaban J connectivity index is 1.50. The van der Waals surface area contributed by atoms with E-state index in [2.05, 4.69) is 34.3 Å². The molecule has 3 unspecified atom stereocenters. The molecule has 7 nitrogen and oxygen atoms in total. The molecular formula is C24H37N3O4. The summed E-state index contributed by atoms with van der Waals surface area (Å²) in [5.74, 6) is 0.259. The molecule has 172 valence electrons. The molecule has 3 rings (SSSR count). The number of aryl methyl sites for hydroxylation is 2. The van der Waals surface area contributed by atoms with Gasteiger partial charge in [-0.15, -0.1) is 0 Å². The van der Waals surface area contributed by atoms with E-state index in [1.807, 2.05) is 6.07 Å². The Morgan fingerprint density at radius 3 is 2.61 bits per heavy atom. The van der Waals surface area contributed by atoms with E-state index in [4.69, 9.17) is 4.74 Å². The van der Waals surface area contributed by atoms with Crippen molar-refractivity contribution in [3.05, 3.63) is 29.6 Å². The van der Waals surface area contributed by atoms with Crippen molar-refractivity contribution in [2.45, 2.75) is 89.4 Å². The molecule has 1 aliphatic rings. The van der Waals surface area contributed by atoms with Crippen molar-refractivity contribution < 1.29 is 19.7 Å². The number of aromatic amines is 1. The number of hydrogen-bond donors (Lipinski definition) is 4. The highest BCUT2D eigenvalue weighted by Gasteiger charge is 2.58. The number of fused-ring (bicyclic) bond motifs is 1. The highest BCUT2D eigenvalue weighted by molar-refractivity contribution is 5.85. The lowest BCUT2D eigenvalue weighted by Gasteiger charge is -2.23. The molecule has 0 radical (unpaired) electrons. The number of aromatic nitrogens is 2. The Morgan fingerprint density at radius 1 is 1.16 bits per heavy atom. The highest BCUT2D eigenvalue weighted by atomic mass is 16.5. The van der Waals surface area contributed by atoms with Crippen LogP contribution in [0.5, 0.6) is 0 Å².